The van der Waals surface area contributed by atoms with Gasteiger partial charge >= 0.3 is 60.9 Å². The smallest absolute Gasteiger partial charge is 0.870 e. The van der Waals surface area contributed by atoms with Gasteiger partial charge < -0.3 is 104 Å². The number of alkyl carbamates (subject to hydrolysis) is 1. The Morgan fingerprint density at radius 3 is 1.57 bits per heavy atom. The van der Waals surface area contributed by atoms with E-state index in [9.17, 15) is 14.7 Å². The molecule has 0 saturated carbocycles. The Kier molecular flexibility index (Phi) is 46.7. The summed E-state index contributed by atoms with van der Waals surface area (Å²) < 4.78 is 32.4. The Morgan fingerprint density at radius 1 is 0.739 bits per heavy atom. The van der Waals surface area contributed by atoms with Crippen molar-refractivity contribution in [3.63, 3.8) is 0 Å². The number of nitrogens with one attached hydrogen (secondary N) is 1. The van der Waals surface area contributed by atoms with Crippen molar-refractivity contribution in [2.24, 2.45) is 5.73 Å². The van der Waals surface area contributed by atoms with Crippen LogP contribution in [0.1, 0.15) is 34.6 Å². The van der Waals surface area contributed by atoms with Crippen molar-refractivity contribution in [1.29, 1.82) is 0 Å². The Morgan fingerprint density at radius 2 is 1.15 bits per heavy atom. The molecule has 280 valence electrons. The fourth-order valence-electron chi connectivity index (χ4n) is 4.26. The van der Waals surface area contributed by atoms with Crippen LogP contribution in [0.4, 0.5) is 4.79 Å². The molecule has 2 fully saturated rings. The van der Waals surface area contributed by atoms with Crippen molar-refractivity contribution in [1.82, 2.24) is 5.32 Å². The summed E-state index contributed by atoms with van der Waals surface area (Å²) in [6.07, 6.45) is 3.67. The van der Waals surface area contributed by atoms with Gasteiger partial charge in [0, 0.05) is 14.0 Å². The Labute approximate surface area is 306 Å². The quantitative estimate of drug-likeness (QED) is 0.114. The van der Waals surface area contributed by atoms with E-state index in [1.54, 1.807) is 38.2 Å². The molecule has 0 aromatic carbocycles. The molecule has 46 heavy (non-hydrogen) atoms. The molecule has 22 nitrogen and oxygen atoms in total. The van der Waals surface area contributed by atoms with E-state index >= 15 is 0 Å². The third kappa shape index (κ3) is 19.2. The minimum atomic E-state index is -0.810. The first-order valence-electron chi connectivity index (χ1n) is 11.3. The summed E-state index contributed by atoms with van der Waals surface area (Å²) in [5, 5.41) is 19.2. The van der Waals surface area contributed by atoms with Crippen LogP contribution in [0.5, 0.6) is 0 Å². The van der Waals surface area contributed by atoms with Gasteiger partial charge in [0.2, 0.25) is 0 Å². The Hall–Kier alpha value is -0.889. The minimum Gasteiger partial charge on any atom is -0.870 e. The maximum Gasteiger partial charge on any atom is 2.00 e. The predicted molar refractivity (Wildman–Crippen MR) is 161 cm³/mol. The van der Waals surface area contributed by atoms with E-state index in [4.69, 9.17) is 34.5 Å². The minimum absolute atomic E-state index is 0. The SMILES string of the molecule is CC1(C)O[C@@H]2[C@H](O1)[C@@H](O)C=C[C@H]2N.CO.COC(=O)N[C@@H]1C=C[C@H](OC(C)=O)[C@H]2OC(C)(C)O[C@H]21.O.O.O.O.O.O.O.O.[Ba+2].[OH-].[OH-]. The molecule has 23 heteroatoms. The molecule has 2 aliphatic carbocycles. The van der Waals surface area contributed by atoms with E-state index in [1.165, 1.54) is 14.0 Å². The third-order valence-electron chi connectivity index (χ3n) is 5.53. The summed E-state index contributed by atoms with van der Waals surface area (Å²) in [5.74, 6) is -1.85. The van der Waals surface area contributed by atoms with E-state index in [2.05, 4.69) is 10.1 Å². The first-order valence-corrected chi connectivity index (χ1v) is 11.3. The second-order valence-corrected chi connectivity index (χ2v) is 9.20. The van der Waals surface area contributed by atoms with E-state index in [0.29, 0.717) is 0 Å². The van der Waals surface area contributed by atoms with Gasteiger partial charge in [-0.2, -0.15) is 0 Å². The fourth-order valence-corrected chi connectivity index (χ4v) is 4.26. The summed E-state index contributed by atoms with van der Waals surface area (Å²) in [7, 11) is 2.29. The molecule has 2 heterocycles. The molecular weight excluding hydrogens is 762 g/mol. The van der Waals surface area contributed by atoms with E-state index in [0.717, 1.165) is 7.11 Å². The molecule has 1 amide bonds. The van der Waals surface area contributed by atoms with Crippen LogP contribution in [0.15, 0.2) is 24.3 Å². The van der Waals surface area contributed by atoms with Crippen LogP contribution in [0, 0.1) is 0 Å². The summed E-state index contributed by atoms with van der Waals surface area (Å²) >= 11 is 0. The molecule has 0 aromatic rings. The molecular formula is C23H56BaN2O20. The average molecular weight is 818 g/mol. The average Bonchev–Trinajstić information content (AvgIpc) is 3.30. The standard InChI is InChI=1S/C13H19NO6.C9H15NO3.CH4O.Ba.10H2O/c1-7(15)18-9-6-5-8(14-12(16)17-4)10-11(9)20-13(2,3)19-10;1-9(2)12-7-5(10)3-4-6(11)8(7)13-9;1-2;;;;;;;;;;;/h5-6,8-11H,1-4H3,(H,14,16);3-8,11H,10H2,1-2H3;2H,1H3;;10*1H2/q;;;+2;;;;;;;;;;/p-2/t8-,9+,10+,11-;5-,6+,7+,8-;;;;;;;;;;;;/m11............/s1. The second-order valence-electron chi connectivity index (χ2n) is 9.20. The molecule has 0 bridgehead atoms. The molecule has 0 aromatic heterocycles. The maximum atomic E-state index is 11.3. The van der Waals surface area contributed by atoms with Gasteiger partial charge in [-0.15, -0.1) is 0 Å². The number of esters is 1. The van der Waals surface area contributed by atoms with Crippen molar-refractivity contribution in [2.75, 3.05) is 14.2 Å². The van der Waals surface area contributed by atoms with Gasteiger partial charge in [0.25, 0.3) is 0 Å². The summed E-state index contributed by atoms with van der Waals surface area (Å²) in [4.78, 5) is 22.5. The van der Waals surface area contributed by atoms with Crippen LogP contribution in [0.25, 0.3) is 0 Å². The van der Waals surface area contributed by atoms with Crippen molar-refractivity contribution in [2.45, 2.75) is 94.9 Å². The van der Waals surface area contributed by atoms with Crippen LogP contribution in [0.3, 0.4) is 0 Å². The molecule has 0 unspecified atom stereocenters. The maximum absolute atomic E-state index is 11.3. The molecule has 23 N–H and O–H groups in total. The van der Waals surface area contributed by atoms with Crippen molar-refractivity contribution in [3.8, 4) is 0 Å². The molecule has 8 atom stereocenters. The first kappa shape index (κ1) is 71.2. The normalized spacial score (nSPS) is 28.5. The summed E-state index contributed by atoms with van der Waals surface area (Å²) in [6.45, 7) is 8.52. The number of hydrogen-bond donors (Lipinski definition) is 4. The number of aliphatic hydroxyl groups is 2. The molecule has 0 radical (unpaired) electrons. The van der Waals surface area contributed by atoms with Crippen molar-refractivity contribution < 1.29 is 103 Å². The number of carbonyl (C=O) groups excluding carboxylic acids is 2. The number of fused-ring (bicyclic) bond motifs is 2. The third-order valence-corrected chi connectivity index (χ3v) is 5.53. The van der Waals surface area contributed by atoms with Crippen LogP contribution < -0.4 is 11.1 Å². The monoisotopic (exact) mass is 818 g/mol. The number of hydrogen-bond acceptors (Lipinski definition) is 13. The number of nitrogens with two attached hydrogens (primary N) is 1. The number of ether oxygens (including phenoxy) is 6. The van der Waals surface area contributed by atoms with Gasteiger partial charge in [0.1, 0.15) is 36.6 Å². The molecule has 0 spiro atoms. The Bertz CT molecular complexity index is 799. The van der Waals surface area contributed by atoms with E-state index < -0.39 is 54.1 Å². The number of amides is 1. The molecule has 4 aliphatic rings. The van der Waals surface area contributed by atoms with Gasteiger partial charge in [-0.1, -0.05) is 18.2 Å². The van der Waals surface area contributed by atoms with Gasteiger partial charge in [-0.05, 0) is 33.8 Å². The zero-order valence-corrected chi connectivity index (χ0v) is 31.2. The molecule has 2 saturated heterocycles. The van der Waals surface area contributed by atoms with Crippen LogP contribution in [-0.4, -0.2) is 200 Å². The second kappa shape index (κ2) is 30.2. The summed E-state index contributed by atoms with van der Waals surface area (Å²) in [5.41, 5.74) is 5.80. The van der Waals surface area contributed by atoms with Crippen LogP contribution in [-0.2, 0) is 33.2 Å². The van der Waals surface area contributed by atoms with Crippen molar-refractivity contribution >= 4 is 60.9 Å². The number of methoxy groups -OCH3 is 1. The number of aliphatic hydroxyl groups excluding tert-OH is 2. The van der Waals surface area contributed by atoms with Crippen LogP contribution >= 0.6 is 0 Å². The zero-order valence-electron chi connectivity index (χ0n) is 26.8. The van der Waals surface area contributed by atoms with Gasteiger partial charge in [-0.3, -0.25) is 4.79 Å². The van der Waals surface area contributed by atoms with Gasteiger partial charge in [0.15, 0.2) is 11.6 Å². The van der Waals surface area contributed by atoms with E-state index in [-0.39, 0.29) is 122 Å². The molecule has 2 aliphatic heterocycles. The zero-order chi connectivity index (χ0) is 26.6. The van der Waals surface area contributed by atoms with E-state index in [1.807, 2.05) is 13.8 Å². The van der Waals surface area contributed by atoms with Crippen LogP contribution in [0.2, 0.25) is 0 Å². The van der Waals surface area contributed by atoms with Gasteiger partial charge in [0.05, 0.1) is 19.2 Å². The van der Waals surface area contributed by atoms with Crippen molar-refractivity contribution in [3.05, 3.63) is 24.3 Å². The topological polar surface area (TPSA) is 480 Å². The first-order chi connectivity index (χ1) is 16.3. The predicted octanol–water partition coefficient (Wildman–Crippen LogP) is -7.23. The summed E-state index contributed by atoms with van der Waals surface area (Å²) in [6, 6.07) is -0.587. The largest absolute Gasteiger partial charge is 2.00 e. The number of carbonyl (C=O) groups is 2. The molecule has 4 rings (SSSR count). The fraction of sp³-hybridized carbons (Fsp3) is 0.739. The Balaban J connectivity index is -0.0000000565. The number of rotatable bonds is 2. The van der Waals surface area contributed by atoms with Gasteiger partial charge in [-0.25, -0.2) is 4.79 Å².